The van der Waals surface area contributed by atoms with Gasteiger partial charge in [0.25, 0.3) is 0 Å². The molecule has 1 heteroatoms. The van der Waals surface area contributed by atoms with E-state index in [1.165, 1.54) is 11.1 Å². The van der Waals surface area contributed by atoms with Crippen molar-refractivity contribution in [3.05, 3.63) is 35.4 Å². The van der Waals surface area contributed by atoms with Gasteiger partial charge in [-0.05, 0) is 50.7 Å². The SMILES string of the molecule is Cc1ccccc1C(C)NC(C)(C)CC(C)(C)C. The highest BCUT2D eigenvalue weighted by Gasteiger charge is 2.27. The zero-order chi connectivity index (χ0) is 14.0. The maximum absolute atomic E-state index is 3.77. The molecule has 0 amide bonds. The van der Waals surface area contributed by atoms with Crippen LogP contribution >= 0.6 is 0 Å². The molecule has 0 saturated carbocycles. The third-order valence-corrected chi connectivity index (χ3v) is 3.23. The van der Waals surface area contributed by atoms with Gasteiger partial charge in [0.05, 0.1) is 0 Å². The molecule has 1 nitrogen and oxygen atoms in total. The van der Waals surface area contributed by atoms with Gasteiger partial charge in [-0.2, -0.15) is 0 Å². The Morgan fingerprint density at radius 2 is 1.61 bits per heavy atom. The van der Waals surface area contributed by atoms with Crippen molar-refractivity contribution in [2.75, 3.05) is 0 Å². The molecule has 0 aliphatic heterocycles. The van der Waals surface area contributed by atoms with Crippen molar-refractivity contribution >= 4 is 0 Å². The lowest BCUT2D eigenvalue weighted by Crippen LogP contribution is -2.43. The fourth-order valence-electron chi connectivity index (χ4n) is 3.11. The first-order valence-electron chi connectivity index (χ1n) is 6.94. The molecule has 1 unspecified atom stereocenters. The third-order valence-electron chi connectivity index (χ3n) is 3.23. The van der Waals surface area contributed by atoms with Crippen LogP contribution in [-0.4, -0.2) is 5.54 Å². The molecule has 0 aromatic heterocycles. The average molecular weight is 247 g/mol. The van der Waals surface area contributed by atoms with Crippen molar-refractivity contribution in [3.8, 4) is 0 Å². The number of rotatable bonds is 4. The zero-order valence-corrected chi connectivity index (χ0v) is 13.1. The largest absolute Gasteiger partial charge is 0.305 e. The summed E-state index contributed by atoms with van der Waals surface area (Å²) in [6.45, 7) is 15.9. The van der Waals surface area contributed by atoms with Gasteiger partial charge in [0, 0.05) is 11.6 Å². The second-order valence-corrected chi connectivity index (χ2v) is 7.34. The molecule has 0 aliphatic carbocycles. The smallest absolute Gasteiger partial charge is 0.0299 e. The highest BCUT2D eigenvalue weighted by molar-refractivity contribution is 5.28. The van der Waals surface area contributed by atoms with Crippen LogP contribution in [0.15, 0.2) is 24.3 Å². The van der Waals surface area contributed by atoms with Crippen molar-refractivity contribution in [3.63, 3.8) is 0 Å². The Hall–Kier alpha value is -0.820. The Morgan fingerprint density at radius 1 is 1.06 bits per heavy atom. The number of nitrogens with one attached hydrogen (secondary N) is 1. The van der Waals surface area contributed by atoms with Crippen LogP contribution in [0.25, 0.3) is 0 Å². The summed E-state index contributed by atoms with van der Waals surface area (Å²) >= 11 is 0. The van der Waals surface area contributed by atoms with E-state index in [4.69, 9.17) is 0 Å². The van der Waals surface area contributed by atoms with Gasteiger partial charge >= 0.3 is 0 Å². The quantitative estimate of drug-likeness (QED) is 0.801. The van der Waals surface area contributed by atoms with Crippen molar-refractivity contribution in [1.82, 2.24) is 5.32 Å². The van der Waals surface area contributed by atoms with Crippen LogP contribution in [0.2, 0.25) is 0 Å². The molecule has 1 rings (SSSR count). The van der Waals surface area contributed by atoms with E-state index in [1.807, 2.05) is 0 Å². The van der Waals surface area contributed by atoms with E-state index in [0.717, 1.165) is 6.42 Å². The van der Waals surface area contributed by atoms with Gasteiger partial charge in [-0.1, -0.05) is 45.0 Å². The molecule has 1 atom stereocenters. The molecule has 0 fully saturated rings. The first-order valence-corrected chi connectivity index (χ1v) is 6.94. The predicted molar refractivity (Wildman–Crippen MR) is 80.9 cm³/mol. The molecular formula is C17H29N. The van der Waals surface area contributed by atoms with Crippen molar-refractivity contribution in [2.45, 2.75) is 66.5 Å². The summed E-state index contributed by atoms with van der Waals surface area (Å²) in [6.07, 6.45) is 1.16. The molecule has 1 aromatic carbocycles. The number of hydrogen-bond donors (Lipinski definition) is 1. The van der Waals surface area contributed by atoms with Crippen LogP contribution in [-0.2, 0) is 0 Å². The van der Waals surface area contributed by atoms with Gasteiger partial charge in [0.15, 0.2) is 0 Å². The molecule has 0 bridgehead atoms. The molecule has 1 N–H and O–H groups in total. The highest BCUT2D eigenvalue weighted by Crippen LogP contribution is 2.29. The summed E-state index contributed by atoms with van der Waals surface area (Å²) in [7, 11) is 0. The monoisotopic (exact) mass is 247 g/mol. The van der Waals surface area contributed by atoms with Crippen LogP contribution in [0.4, 0.5) is 0 Å². The normalized spacial score (nSPS) is 14.6. The molecule has 0 aliphatic rings. The summed E-state index contributed by atoms with van der Waals surface area (Å²) in [5, 5.41) is 3.77. The molecule has 0 spiro atoms. The summed E-state index contributed by atoms with van der Waals surface area (Å²) < 4.78 is 0. The topological polar surface area (TPSA) is 12.0 Å². The number of aryl methyl sites for hydroxylation is 1. The lowest BCUT2D eigenvalue weighted by Gasteiger charge is -2.36. The van der Waals surface area contributed by atoms with Crippen LogP contribution in [0.5, 0.6) is 0 Å². The number of hydrogen-bond acceptors (Lipinski definition) is 1. The van der Waals surface area contributed by atoms with Crippen molar-refractivity contribution in [2.24, 2.45) is 5.41 Å². The maximum atomic E-state index is 3.77. The van der Waals surface area contributed by atoms with Crippen LogP contribution < -0.4 is 5.32 Å². The Labute approximate surface area is 113 Å². The lowest BCUT2D eigenvalue weighted by molar-refractivity contribution is 0.226. The second-order valence-electron chi connectivity index (χ2n) is 7.34. The molecule has 1 aromatic rings. The fourth-order valence-corrected chi connectivity index (χ4v) is 3.11. The molecule has 18 heavy (non-hydrogen) atoms. The first-order chi connectivity index (χ1) is 8.11. The van der Waals surface area contributed by atoms with E-state index >= 15 is 0 Å². The van der Waals surface area contributed by atoms with E-state index in [1.54, 1.807) is 0 Å². The lowest BCUT2D eigenvalue weighted by atomic mass is 9.81. The van der Waals surface area contributed by atoms with Crippen LogP contribution in [0.1, 0.15) is 65.1 Å². The van der Waals surface area contributed by atoms with Crippen molar-refractivity contribution < 1.29 is 0 Å². The summed E-state index contributed by atoms with van der Waals surface area (Å²) in [4.78, 5) is 0. The van der Waals surface area contributed by atoms with E-state index < -0.39 is 0 Å². The van der Waals surface area contributed by atoms with Gasteiger partial charge in [-0.25, -0.2) is 0 Å². The summed E-state index contributed by atoms with van der Waals surface area (Å²) in [5.41, 5.74) is 3.27. The van der Waals surface area contributed by atoms with E-state index in [2.05, 4.69) is 78.0 Å². The molecule has 0 radical (unpaired) electrons. The summed E-state index contributed by atoms with van der Waals surface area (Å²) in [5.74, 6) is 0. The predicted octanol–water partition coefficient (Wildman–Crippen LogP) is 4.86. The minimum atomic E-state index is 0.153. The van der Waals surface area contributed by atoms with Gasteiger partial charge < -0.3 is 5.32 Å². The molecule has 0 saturated heterocycles. The zero-order valence-electron chi connectivity index (χ0n) is 13.1. The highest BCUT2D eigenvalue weighted by atomic mass is 15.0. The Morgan fingerprint density at radius 3 is 2.11 bits per heavy atom. The Bertz CT molecular complexity index is 385. The van der Waals surface area contributed by atoms with Gasteiger partial charge in [-0.15, -0.1) is 0 Å². The molecule has 102 valence electrons. The van der Waals surface area contributed by atoms with Crippen LogP contribution in [0, 0.1) is 12.3 Å². The third kappa shape index (κ3) is 4.81. The van der Waals surface area contributed by atoms with E-state index in [0.29, 0.717) is 11.5 Å². The maximum Gasteiger partial charge on any atom is 0.0299 e. The van der Waals surface area contributed by atoms with Gasteiger partial charge in [0.1, 0.15) is 0 Å². The Balaban J connectivity index is 2.76. The van der Waals surface area contributed by atoms with Gasteiger partial charge in [-0.3, -0.25) is 0 Å². The van der Waals surface area contributed by atoms with Crippen LogP contribution in [0.3, 0.4) is 0 Å². The Kier molecular flexibility index (Phi) is 4.61. The number of benzene rings is 1. The molecular weight excluding hydrogens is 218 g/mol. The van der Waals surface area contributed by atoms with Crippen molar-refractivity contribution in [1.29, 1.82) is 0 Å². The summed E-state index contributed by atoms with van der Waals surface area (Å²) in [6, 6.07) is 9.02. The minimum absolute atomic E-state index is 0.153. The van der Waals surface area contributed by atoms with E-state index in [-0.39, 0.29) is 5.54 Å². The average Bonchev–Trinajstić information content (AvgIpc) is 2.12. The fraction of sp³-hybridized carbons (Fsp3) is 0.647. The molecule has 0 heterocycles. The minimum Gasteiger partial charge on any atom is -0.305 e. The van der Waals surface area contributed by atoms with E-state index in [9.17, 15) is 0 Å². The standard InChI is InChI=1S/C17H29N/c1-13-10-8-9-11-15(13)14(2)18-17(6,7)12-16(3,4)5/h8-11,14,18H,12H2,1-7H3. The second kappa shape index (κ2) is 5.44. The first kappa shape index (κ1) is 15.2. The van der Waals surface area contributed by atoms with Gasteiger partial charge in [0.2, 0.25) is 0 Å².